The van der Waals surface area contributed by atoms with Crippen LogP contribution in [0.3, 0.4) is 0 Å². The van der Waals surface area contributed by atoms with Crippen LogP contribution < -0.4 is 5.32 Å². The third-order valence-electron chi connectivity index (χ3n) is 2.90. The Hall–Kier alpha value is -1.41. The van der Waals surface area contributed by atoms with E-state index in [1.54, 1.807) is 0 Å². The molecule has 1 atom stereocenters. The molecule has 1 aromatic heterocycles. The molecule has 0 amide bonds. The molecule has 0 saturated heterocycles. The van der Waals surface area contributed by atoms with Crippen molar-refractivity contribution in [3.8, 4) is 6.07 Å². The summed E-state index contributed by atoms with van der Waals surface area (Å²) in [6.45, 7) is 9.48. The molecule has 0 aliphatic carbocycles. The Bertz CT molecular complexity index is 418. The molecule has 0 spiro atoms. The fourth-order valence-electron chi connectivity index (χ4n) is 1.80. The first-order chi connectivity index (χ1) is 8.58. The molecule has 0 saturated carbocycles. The van der Waals surface area contributed by atoms with Crippen LogP contribution in [-0.4, -0.2) is 26.8 Å². The predicted molar refractivity (Wildman–Crippen MR) is 71.1 cm³/mol. The third-order valence-corrected chi connectivity index (χ3v) is 2.90. The summed E-state index contributed by atoms with van der Waals surface area (Å²) in [7, 11) is 0. The minimum Gasteiger partial charge on any atom is -0.298 e. The van der Waals surface area contributed by atoms with Gasteiger partial charge in [0.15, 0.2) is 5.82 Å². The highest BCUT2D eigenvalue weighted by Gasteiger charge is 2.25. The van der Waals surface area contributed by atoms with Gasteiger partial charge in [-0.25, -0.2) is 9.67 Å². The maximum absolute atomic E-state index is 9.33. The number of nitrogens with one attached hydrogen (secondary N) is 1. The van der Waals surface area contributed by atoms with Gasteiger partial charge in [0.2, 0.25) is 0 Å². The normalized spacial score (nSPS) is 14.2. The van der Waals surface area contributed by atoms with Gasteiger partial charge in [-0.2, -0.15) is 10.4 Å². The van der Waals surface area contributed by atoms with E-state index in [1.807, 2.05) is 18.5 Å². The summed E-state index contributed by atoms with van der Waals surface area (Å²) < 4.78 is 1.87. The molecule has 1 N–H and O–H groups in total. The second kappa shape index (κ2) is 6.50. The summed E-state index contributed by atoms with van der Waals surface area (Å²) >= 11 is 0. The Morgan fingerprint density at radius 3 is 2.56 bits per heavy atom. The van der Waals surface area contributed by atoms with Crippen molar-refractivity contribution in [3.05, 3.63) is 11.6 Å². The van der Waals surface area contributed by atoms with Gasteiger partial charge in [0.05, 0.1) is 12.6 Å². The van der Waals surface area contributed by atoms with Gasteiger partial charge in [-0.3, -0.25) is 5.32 Å². The van der Waals surface area contributed by atoms with Gasteiger partial charge in [0.1, 0.15) is 11.4 Å². The van der Waals surface area contributed by atoms with E-state index in [1.165, 1.54) is 0 Å². The molecule has 0 fully saturated rings. The van der Waals surface area contributed by atoms with Crippen molar-refractivity contribution in [1.29, 1.82) is 5.26 Å². The molecule has 100 valence electrons. The molecule has 0 radical (unpaired) electrons. The highest BCUT2D eigenvalue weighted by molar-refractivity contribution is 5.05. The van der Waals surface area contributed by atoms with Gasteiger partial charge in [-0.05, 0) is 19.9 Å². The molecule has 1 aromatic rings. The predicted octanol–water partition coefficient (Wildman–Crippen LogP) is 1.68. The molecule has 0 bridgehead atoms. The summed E-state index contributed by atoms with van der Waals surface area (Å²) in [6, 6.07) is 2.34. The van der Waals surface area contributed by atoms with E-state index >= 15 is 0 Å². The van der Waals surface area contributed by atoms with Crippen molar-refractivity contribution < 1.29 is 0 Å². The lowest BCUT2D eigenvalue weighted by molar-refractivity contribution is 0.363. The van der Waals surface area contributed by atoms with Gasteiger partial charge < -0.3 is 0 Å². The molecule has 1 rings (SSSR count). The molecule has 18 heavy (non-hydrogen) atoms. The number of aromatic nitrogens is 3. The second-order valence-corrected chi connectivity index (χ2v) is 4.68. The number of nitriles is 1. The molecule has 0 aliphatic heterocycles. The van der Waals surface area contributed by atoms with Crippen LogP contribution in [0.15, 0.2) is 0 Å². The van der Waals surface area contributed by atoms with E-state index in [-0.39, 0.29) is 0 Å². The molecule has 5 nitrogen and oxygen atoms in total. The van der Waals surface area contributed by atoms with Crippen molar-refractivity contribution in [3.63, 3.8) is 0 Å². The van der Waals surface area contributed by atoms with Crippen molar-refractivity contribution in [2.75, 3.05) is 6.54 Å². The molecule has 1 heterocycles. The lowest BCUT2D eigenvalue weighted by Gasteiger charge is -2.23. The van der Waals surface area contributed by atoms with E-state index in [0.717, 1.165) is 37.5 Å². The second-order valence-electron chi connectivity index (χ2n) is 4.68. The molecular formula is C13H23N5. The van der Waals surface area contributed by atoms with Crippen LogP contribution in [0.25, 0.3) is 0 Å². The third kappa shape index (κ3) is 3.54. The van der Waals surface area contributed by atoms with Gasteiger partial charge in [0.25, 0.3) is 0 Å². The quantitative estimate of drug-likeness (QED) is 0.798. The Balaban J connectivity index is 2.87. The lowest BCUT2D eigenvalue weighted by atomic mass is 10.0. The Labute approximate surface area is 109 Å². The Kier molecular flexibility index (Phi) is 5.29. The van der Waals surface area contributed by atoms with Gasteiger partial charge >= 0.3 is 0 Å². The number of hydrogen-bond acceptors (Lipinski definition) is 4. The topological polar surface area (TPSA) is 66.5 Å². The van der Waals surface area contributed by atoms with Crippen LogP contribution in [-0.2, 0) is 19.4 Å². The highest BCUT2D eigenvalue weighted by Crippen LogP contribution is 2.09. The number of hydrogen-bond donors (Lipinski definition) is 1. The largest absolute Gasteiger partial charge is 0.298 e. The SMILES string of the molecule is CCCNC(C)(C#N)Cn1nc(CC)nc1CC. The van der Waals surface area contributed by atoms with E-state index in [0.29, 0.717) is 6.54 Å². The summed E-state index contributed by atoms with van der Waals surface area (Å²) in [5, 5.41) is 17.1. The lowest BCUT2D eigenvalue weighted by Crippen LogP contribution is -2.45. The maximum atomic E-state index is 9.33. The van der Waals surface area contributed by atoms with Gasteiger partial charge in [-0.1, -0.05) is 20.8 Å². The summed E-state index contributed by atoms with van der Waals surface area (Å²) in [5.41, 5.74) is -0.585. The standard InChI is InChI=1S/C13H23N5/c1-5-8-15-13(4,9-14)10-18-12(7-3)16-11(6-2)17-18/h15H,5-8,10H2,1-4H3. The van der Waals surface area contributed by atoms with E-state index in [2.05, 4.69) is 35.3 Å². The number of rotatable bonds is 7. The van der Waals surface area contributed by atoms with Crippen molar-refractivity contribution in [1.82, 2.24) is 20.1 Å². The molecule has 0 aliphatic rings. The van der Waals surface area contributed by atoms with Crippen molar-refractivity contribution >= 4 is 0 Å². The summed E-state index contributed by atoms with van der Waals surface area (Å²) in [4.78, 5) is 4.46. The monoisotopic (exact) mass is 249 g/mol. The van der Waals surface area contributed by atoms with Crippen LogP contribution in [0.5, 0.6) is 0 Å². The summed E-state index contributed by atoms with van der Waals surface area (Å²) in [6.07, 6.45) is 2.67. The average Bonchev–Trinajstić information content (AvgIpc) is 2.78. The van der Waals surface area contributed by atoms with Crippen LogP contribution in [0.2, 0.25) is 0 Å². The van der Waals surface area contributed by atoms with Gasteiger partial charge in [-0.15, -0.1) is 0 Å². The van der Waals surface area contributed by atoms with Crippen molar-refractivity contribution in [2.24, 2.45) is 0 Å². The van der Waals surface area contributed by atoms with Crippen LogP contribution in [0.4, 0.5) is 0 Å². The Morgan fingerprint density at radius 2 is 2.06 bits per heavy atom. The van der Waals surface area contributed by atoms with Gasteiger partial charge in [0, 0.05) is 12.8 Å². The number of aryl methyl sites for hydroxylation is 2. The molecule has 5 heteroatoms. The minimum atomic E-state index is -0.585. The summed E-state index contributed by atoms with van der Waals surface area (Å²) in [5.74, 6) is 1.80. The smallest absolute Gasteiger partial charge is 0.150 e. The zero-order valence-corrected chi connectivity index (χ0v) is 11.8. The van der Waals surface area contributed by atoms with Crippen molar-refractivity contribution in [2.45, 2.75) is 59.0 Å². The first-order valence-electron chi connectivity index (χ1n) is 6.67. The zero-order valence-electron chi connectivity index (χ0n) is 11.8. The highest BCUT2D eigenvalue weighted by atomic mass is 15.4. The van der Waals surface area contributed by atoms with Crippen LogP contribution in [0.1, 0.15) is 45.8 Å². The fraction of sp³-hybridized carbons (Fsp3) is 0.769. The van der Waals surface area contributed by atoms with Crippen LogP contribution >= 0.6 is 0 Å². The Morgan fingerprint density at radius 1 is 1.33 bits per heavy atom. The zero-order chi connectivity index (χ0) is 13.6. The van der Waals surface area contributed by atoms with E-state index < -0.39 is 5.54 Å². The number of nitrogens with zero attached hydrogens (tertiary/aromatic N) is 4. The first kappa shape index (κ1) is 14.7. The average molecular weight is 249 g/mol. The fourth-order valence-corrected chi connectivity index (χ4v) is 1.80. The molecular weight excluding hydrogens is 226 g/mol. The van der Waals surface area contributed by atoms with E-state index in [4.69, 9.17) is 0 Å². The van der Waals surface area contributed by atoms with E-state index in [9.17, 15) is 5.26 Å². The molecule has 1 unspecified atom stereocenters. The first-order valence-corrected chi connectivity index (χ1v) is 6.67. The molecule has 0 aromatic carbocycles. The maximum Gasteiger partial charge on any atom is 0.150 e. The van der Waals surface area contributed by atoms with Crippen LogP contribution in [0, 0.1) is 11.3 Å². The minimum absolute atomic E-state index is 0.541.